The number of carbonyl (C=O) groups is 1. The van der Waals surface area contributed by atoms with Gasteiger partial charge in [-0.05, 0) is 50.2 Å². The Labute approximate surface area is 151 Å². The molecule has 0 aliphatic rings. The molecule has 0 bridgehead atoms. The fourth-order valence-corrected chi connectivity index (χ4v) is 2.53. The number of hydrogen-bond donors (Lipinski definition) is 1. The molecule has 0 aliphatic heterocycles. The first-order chi connectivity index (χ1) is 11.4. The molecule has 1 N–H and O–H groups in total. The van der Waals surface area contributed by atoms with Gasteiger partial charge in [-0.3, -0.25) is 4.79 Å². The van der Waals surface area contributed by atoms with Gasteiger partial charge in [-0.1, -0.05) is 23.2 Å². The number of rotatable bonds is 6. The van der Waals surface area contributed by atoms with Crippen molar-refractivity contribution in [3.05, 3.63) is 57.6 Å². The number of hydrogen-bond acceptors (Lipinski definition) is 3. The minimum atomic E-state index is -0.271. The molecule has 0 fully saturated rings. The van der Waals surface area contributed by atoms with Crippen molar-refractivity contribution in [1.29, 1.82) is 0 Å². The Hall–Kier alpha value is -1.75. The second kappa shape index (κ2) is 8.38. The normalized spacial score (nSPS) is 10.8. The Balaban J connectivity index is 2.20. The summed E-state index contributed by atoms with van der Waals surface area (Å²) in [6, 6.07) is 10.1. The largest absolute Gasteiger partial charge is 0.496 e. The van der Waals surface area contributed by atoms with Crippen molar-refractivity contribution in [3.63, 3.8) is 0 Å². The van der Waals surface area contributed by atoms with Crippen molar-refractivity contribution in [1.82, 2.24) is 0 Å². The van der Waals surface area contributed by atoms with E-state index >= 15 is 0 Å². The van der Waals surface area contributed by atoms with Crippen LogP contribution in [0, 0.1) is 0 Å². The predicted molar refractivity (Wildman–Crippen MR) is 97.3 cm³/mol. The van der Waals surface area contributed by atoms with Crippen LogP contribution in [0.3, 0.4) is 0 Å². The summed E-state index contributed by atoms with van der Waals surface area (Å²) in [6.45, 7) is 4.26. The lowest BCUT2D eigenvalue weighted by Gasteiger charge is -2.13. The Kier molecular flexibility index (Phi) is 6.49. The number of carbonyl (C=O) groups excluding carboxylic acids is 1. The van der Waals surface area contributed by atoms with Gasteiger partial charge >= 0.3 is 0 Å². The molecular weight excluding hydrogens is 349 g/mol. The summed E-state index contributed by atoms with van der Waals surface area (Å²) < 4.78 is 10.9. The van der Waals surface area contributed by atoms with Gasteiger partial charge in [0.15, 0.2) is 0 Å². The quantitative estimate of drug-likeness (QED) is 0.764. The lowest BCUT2D eigenvalue weighted by atomic mass is 10.1. The molecule has 24 heavy (non-hydrogen) atoms. The van der Waals surface area contributed by atoms with Gasteiger partial charge in [0.05, 0.1) is 30.5 Å². The molecule has 0 radical (unpaired) electrons. The maximum atomic E-state index is 12.5. The van der Waals surface area contributed by atoms with E-state index in [1.165, 1.54) is 0 Å². The number of halogens is 2. The van der Waals surface area contributed by atoms with Crippen LogP contribution >= 0.6 is 23.2 Å². The van der Waals surface area contributed by atoms with Gasteiger partial charge in [-0.25, -0.2) is 0 Å². The maximum Gasteiger partial charge on any atom is 0.255 e. The van der Waals surface area contributed by atoms with Crippen molar-refractivity contribution in [3.8, 4) is 5.75 Å². The molecule has 0 unspecified atom stereocenters. The van der Waals surface area contributed by atoms with Gasteiger partial charge < -0.3 is 14.8 Å². The standard InChI is InChI=1S/C18H19Cl2NO3/c1-11(2)24-10-13-8-12(4-7-17(13)23-3)18(22)21-16-6-5-14(19)9-15(16)20/h4-9,11H,10H2,1-3H3,(H,21,22). The molecule has 0 aliphatic carbocycles. The van der Waals surface area contributed by atoms with Crippen molar-refractivity contribution in [2.45, 2.75) is 26.6 Å². The first-order valence-corrected chi connectivity index (χ1v) is 8.21. The Morgan fingerprint density at radius 3 is 2.54 bits per heavy atom. The van der Waals surface area contributed by atoms with Gasteiger partial charge in [-0.15, -0.1) is 0 Å². The summed E-state index contributed by atoms with van der Waals surface area (Å²) in [5.74, 6) is 0.407. The van der Waals surface area contributed by atoms with E-state index < -0.39 is 0 Å². The molecule has 2 rings (SSSR count). The van der Waals surface area contributed by atoms with E-state index in [9.17, 15) is 4.79 Å². The average molecular weight is 368 g/mol. The molecule has 0 saturated heterocycles. The van der Waals surface area contributed by atoms with Crippen molar-refractivity contribution in [2.75, 3.05) is 12.4 Å². The fraction of sp³-hybridized carbons (Fsp3) is 0.278. The molecule has 1 amide bonds. The van der Waals surface area contributed by atoms with Crippen LogP contribution in [0.5, 0.6) is 5.75 Å². The van der Waals surface area contributed by atoms with Crippen LogP contribution in [-0.2, 0) is 11.3 Å². The number of amides is 1. The third-order valence-corrected chi connectivity index (χ3v) is 3.84. The van der Waals surface area contributed by atoms with Crippen LogP contribution in [0.4, 0.5) is 5.69 Å². The Bertz CT molecular complexity index is 732. The smallest absolute Gasteiger partial charge is 0.255 e. The fourth-order valence-electron chi connectivity index (χ4n) is 2.07. The van der Waals surface area contributed by atoms with Gasteiger partial charge in [0.1, 0.15) is 5.75 Å². The maximum absolute atomic E-state index is 12.5. The first-order valence-electron chi connectivity index (χ1n) is 7.45. The summed E-state index contributed by atoms with van der Waals surface area (Å²) in [5.41, 5.74) is 1.80. The number of nitrogens with one attached hydrogen (secondary N) is 1. The molecule has 0 atom stereocenters. The minimum Gasteiger partial charge on any atom is -0.496 e. The highest BCUT2D eigenvalue weighted by molar-refractivity contribution is 6.36. The van der Waals surface area contributed by atoms with Crippen LogP contribution in [0.25, 0.3) is 0 Å². The molecule has 0 aromatic heterocycles. The third kappa shape index (κ3) is 4.87. The molecule has 2 aromatic carbocycles. The Morgan fingerprint density at radius 1 is 1.17 bits per heavy atom. The Morgan fingerprint density at radius 2 is 1.92 bits per heavy atom. The van der Waals surface area contributed by atoms with Gasteiger partial charge in [0.25, 0.3) is 5.91 Å². The van der Waals surface area contributed by atoms with E-state index in [4.69, 9.17) is 32.7 Å². The van der Waals surface area contributed by atoms with Gasteiger partial charge in [-0.2, -0.15) is 0 Å². The predicted octanol–water partition coefficient (Wildman–Crippen LogP) is 5.18. The topological polar surface area (TPSA) is 47.6 Å². The highest BCUT2D eigenvalue weighted by Crippen LogP contribution is 2.27. The molecule has 0 spiro atoms. The molecule has 0 saturated carbocycles. The van der Waals surface area contributed by atoms with Crippen LogP contribution in [-0.4, -0.2) is 19.1 Å². The van der Waals surface area contributed by atoms with Crippen molar-refractivity contribution in [2.24, 2.45) is 0 Å². The SMILES string of the molecule is COc1ccc(C(=O)Nc2ccc(Cl)cc2Cl)cc1COC(C)C. The molecule has 0 heterocycles. The monoisotopic (exact) mass is 367 g/mol. The van der Waals surface area contributed by atoms with Crippen LogP contribution in [0.1, 0.15) is 29.8 Å². The molecule has 128 valence electrons. The number of benzene rings is 2. The molecule has 4 nitrogen and oxygen atoms in total. The number of ether oxygens (including phenoxy) is 2. The van der Waals surface area contributed by atoms with Crippen molar-refractivity contribution < 1.29 is 14.3 Å². The number of anilines is 1. The van der Waals surface area contributed by atoms with Crippen molar-refractivity contribution >= 4 is 34.8 Å². The van der Waals surface area contributed by atoms with Crippen LogP contribution in [0.15, 0.2) is 36.4 Å². The highest BCUT2D eigenvalue weighted by atomic mass is 35.5. The van der Waals surface area contributed by atoms with E-state index in [1.807, 2.05) is 13.8 Å². The second-order valence-corrected chi connectivity index (χ2v) is 6.31. The molecule has 2 aromatic rings. The zero-order valence-corrected chi connectivity index (χ0v) is 15.2. The molecular formula is C18H19Cl2NO3. The summed E-state index contributed by atoms with van der Waals surface area (Å²) in [4.78, 5) is 12.5. The van der Waals surface area contributed by atoms with Gasteiger partial charge in [0, 0.05) is 16.1 Å². The van der Waals surface area contributed by atoms with Gasteiger partial charge in [0.2, 0.25) is 0 Å². The van der Waals surface area contributed by atoms with E-state index in [1.54, 1.807) is 43.5 Å². The lowest BCUT2D eigenvalue weighted by Crippen LogP contribution is -2.13. The summed E-state index contributed by atoms with van der Waals surface area (Å²) in [7, 11) is 1.58. The highest BCUT2D eigenvalue weighted by Gasteiger charge is 2.13. The molecule has 6 heteroatoms. The lowest BCUT2D eigenvalue weighted by molar-refractivity contribution is 0.0644. The zero-order valence-electron chi connectivity index (χ0n) is 13.7. The van der Waals surface area contributed by atoms with Crippen LogP contribution in [0.2, 0.25) is 10.0 Å². The summed E-state index contributed by atoms with van der Waals surface area (Å²) >= 11 is 11.9. The van der Waals surface area contributed by atoms with E-state index in [0.29, 0.717) is 33.7 Å². The van der Waals surface area contributed by atoms with E-state index in [2.05, 4.69) is 5.32 Å². The average Bonchev–Trinajstić information content (AvgIpc) is 2.55. The first kappa shape index (κ1) is 18.6. The van der Waals surface area contributed by atoms with E-state index in [0.717, 1.165) is 5.56 Å². The van der Waals surface area contributed by atoms with Crippen LogP contribution < -0.4 is 10.1 Å². The second-order valence-electron chi connectivity index (χ2n) is 5.46. The number of methoxy groups -OCH3 is 1. The minimum absolute atomic E-state index is 0.0834. The zero-order chi connectivity index (χ0) is 17.7. The summed E-state index contributed by atoms with van der Waals surface area (Å²) in [5, 5.41) is 3.66. The summed E-state index contributed by atoms with van der Waals surface area (Å²) in [6.07, 6.45) is 0.0834. The third-order valence-electron chi connectivity index (χ3n) is 3.29. The van der Waals surface area contributed by atoms with E-state index in [-0.39, 0.29) is 12.0 Å².